The van der Waals surface area contributed by atoms with Crippen LogP contribution in [0.2, 0.25) is 0 Å². The van der Waals surface area contributed by atoms with Gasteiger partial charge >= 0.3 is 0 Å². The summed E-state index contributed by atoms with van der Waals surface area (Å²) in [6.07, 6.45) is 0. The number of rotatable bonds is 8. The van der Waals surface area contributed by atoms with E-state index in [-0.39, 0.29) is 5.41 Å². The fourth-order valence-corrected chi connectivity index (χ4v) is 11.2. The van der Waals surface area contributed by atoms with Crippen molar-refractivity contribution in [2.75, 3.05) is 4.90 Å². The van der Waals surface area contributed by atoms with Gasteiger partial charge in [0.15, 0.2) is 0 Å². The van der Waals surface area contributed by atoms with Crippen LogP contribution in [0.4, 0.5) is 17.1 Å². The second kappa shape index (κ2) is 15.1. The van der Waals surface area contributed by atoms with Gasteiger partial charge in [0.05, 0.1) is 16.8 Å². The summed E-state index contributed by atoms with van der Waals surface area (Å²) in [5, 5.41) is 0. The van der Waals surface area contributed by atoms with E-state index in [4.69, 9.17) is 0 Å². The van der Waals surface area contributed by atoms with E-state index in [2.05, 4.69) is 267 Å². The summed E-state index contributed by atoms with van der Waals surface area (Å²) in [4.78, 5) is 2.51. The second-order valence-corrected chi connectivity index (χ2v) is 17.3. The normalized spacial score (nSPS) is 15.1. The predicted molar refractivity (Wildman–Crippen MR) is 267 cm³/mol. The first kappa shape index (κ1) is 37.7. The van der Waals surface area contributed by atoms with Crippen molar-refractivity contribution in [1.29, 1.82) is 0 Å². The first-order valence-corrected chi connectivity index (χ1v) is 22.3. The van der Waals surface area contributed by atoms with Gasteiger partial charge in [-0.05, 0) is 110 Å². The molecule has 2 aliphatic carbocycles. The van der Waals surface area contributed by atoms with E-state index in [0.29, 0.717) is 0 Å². The molecule has 0 saturated carbocycles. The van der Waals surface area contributed by atoms with E-state index in [1.165, 1.54) is 77.9 Å². The summed E-state index contributed by atoms with van der Waals surface area (Å²) in [7, 11) is 0. The lowest BCUT2D eigenvalue weighted by molar-refractivity contribution is 0.714. The minimum atomic E-state index is -0.504. The van der Waals surface area contributed by atoms with Crippen molar-refractivity contribution in [3.8, 4) is 44.5 Å². The van der Waals surface area contributed by atoms with Gasteiger partial charge in [-0.15, -0.1) is 0 Å². The fraction of sp³-hybridized carbons (Fsp3) is 0.0476. The lowest BCUT2D eigenvalue weighted by atomic mass is 9.67. The van der Waals surface area contributed by atoms with E-state index in [9.17, 15) is 0 Å². The summed E-state index contributed by atoms with van der Waals surface area (Å²) in [5.41, 5.74) is 21.4. The van der Waals surface area contributed by atoms with Gasteiger partial charge in [0, 0.05) is 22.2 Å². The largest absolute Gasteiger partial charge is 0.309 e. The third-order valence-electron chi connectivity index (χ3n) is 14.1. The van der Waals surface area contributed by atoms with Crippen LogP contribution >= 0.6 is 0 Å². The Kier molecular flexibility index (Phi) is 8.91. The standard InChI is InChI=1S/C63H45N/c1-62(46-24-8-3-9-25-46)56-34-18-14-32-52(56)54-41-39-49(43-58(54)62)64(60-36-20-16-30-50(60)44-22-6-2-7-23-44)61-37-21-17-31-51(61)45-38-40-55-53-33-15-19-35-57(53)63(59(55)42-45,47-26-10-4-11-27-47)48-28-12-5-13-29-48/h2-43H,1H3. The summed E-state index contributed by atoms with van der Waals surface area (Å²) in [6, 6.07) is 94.2. The van der Waals surface area contributed by atoms with Crippen LogP contribution < -0.4 is 4.90 Å². The van der Waals surface area contributed by atoms with E-state index in [1.807, 2.05) is 0 Å². The topological polar surface area (TPSA) is 3.24 Å². The van der Waals surface area contributed by atoms with Crippen LogP contribution in [0.1, 0.15) is 45.9 Å². The van der Waals surface area contributed by atoms with Crippen molar-refractivity contribution in [1.82, 2.24) is 0 Å². The fourth-order valence-electron chi connectivity index (χ4n) is 11.2. The zero-order valence-electron chi connectivity index (χ0n) is 35.7. The molecule has 12 rings (SSSR count). The third kappa shape index (κ3) is 5.64. The Morgan fingerprint density at radius 3 is 1.31 bits per heavy atom. The number of benzene rings is 10. The number of anilines is 3. The molecule has 64 heavy (non-hydrogen) atoms. The average molecular weight is 816 g/mol. The average Bonchev–Trinajstić information content (AvgIpc) is 3.82. The quantitative estimate of drug-likeness (QED) is 0.148. The molecule has 2 aliphatic rings. The number of para-hydroxylation sites is 2. The van der Waals surface area contributed by atoms with Crippen molar-refractivity contribution in [3.63, 3.8) is 0 Å². The summed E-state index contributed by atoms with van der Waals surface area (Å²) in [5.74, 6) is 0. The number of fused-ring (bicyclic) bond motifs is 6. The van der Waals surface area contributed by atoms with Crippen LogP contribution in [0.15, 0.2) is 255 Å². The molecule has 0 spiro atoms. The van der Waals surface area contributed by atoms with Crippen molar-refractivity contribution in [2.45, 2.75) is 17.8 Å². The molecule has 10 aromatic carbocycles. The first-order chi connectivity index (χ1) is 31.7. The molecule has 10 aromatic rings. The summed E-state index contributed by atoms with van der Waals surface area (Å²) >= 11 is 0. The van der Waals surface area contributed by atoms with Gasteiger partial charge in [-0.3, -0.25) is 0 Å². The van der Waals surface area contributed by atoms with Crippen molar-refractivity contribution >= 4 is 17.1 Å². The maximum Gasteiger partial charge on any atom is 0.0713 e. The van der Waals surface area contributed by atoms with Gasteiger partial charge in [0.2, 0.25) is 0 Å². The molecular formula is C63H45N. The smallest absolute Gasteiger partial charge is 0.0713 e. The zero-order valence-corrected chi connectivity index (χ0v) is 35.7. The van der Waals surface area contributed by atoms with Crippen LogP contribution in [-0.4, -0.2) is 0 Å². The molecule has 0 aromatic heterocycles. The minimum absolute atomic E-state index is 0.347. The van der Waals surface area contributed by atoms with E-state index < -0.39 is 5.41 Å². The predicted octanol–water partition coefficient (Wildman–Crippen LogP) is 16.2. The molecule has 0 heterocycles. The first-order valence-electron chi connectivity index (χ1n) is 22.3. The highest BCUT2D eigenvalue weighted by Crippen LogP contribution is 2.58. The Bertz CT molecular complexity index is 3300. The van der Waals surface area contributed by atoms with Crippen LogP contribution in [0, 0.1) is 0 Å². The number of hydrogen-bond donors (Lipinski definition) is 0. The molecule has 1 unspecified atom stereocenters. The minimum Gasteiger partial charge on any atom is -0.309 e. The Labute approximate surface area is 376 Å². The number of hydrogen-bond acceptors (Lipinski definition) is 1. The molecule has 1 heteroatoms. The van der Waals surface area contributed by atoms with Gasteiger partial charge in [-0.1, -0.05) is 224 Å². The Balaban J connectivity index is 1.11. The molecule has 1 nitrogen and oxygen atoms in total. The SMILES string of the molecule is CC1(c2ccccc2)c2ccccc2-c2ccc(N(c3ccccc3-c3ccccc3)c3ccccc3-c3ccc4c(c3)C(c3ccccc3)(c3ccccc3)c3ccccc3-4)cc21. The molecule has 0 N–H and O–H groups in total. The van der Waals surface area contributed by atoms with Crippen molar-refractivity contribution < 1.29 is 0 Å². The molecule has 0 bridgehead atoms. The third-order valence-corrected chi connectivity index (χ3v) is 14.1. The van der Waals surface area contributed by atoms with Crippen molar-refractivity contribution in [2.24, 2.45) is 0 Å². The monoisotopic (exact) mass is 815 g/mol. The summed E-state index contributed by atoms with van der Waals surface area (Å²) in [6.45, 7) is 2.40. The van der Waals surface area contributed by atoms with E-state index in [1.54, 1.807) is 0 Å². The maximum absolute atomic E-state index is 2.51. The number of nitrogens with zero attached hydrogens (tertiary/aromatic N) is 1. The van der Waals surface area contributed by atoms with E-state index >= 15 is 0 Å². The van der Waals surface area contributed by atoms with Crippen LogP contribution in [0.25, 0.3) is 44.5 Å². The van der Waals surface area contributed by atoms with Crippen LogP contribution in [-0.2, 0) is 10.8 Å². The molecule has 0 fully saturated rings. The molecule has 0 radical (unpaired) electrons. The highest BCUT2D eigenvalue weighted by atomic mass is 15.1. The Morgan fingerprint density at radius 2 is 0.703 bits per heavy atom. The van der Waals surface area contributed by atoms with Crippen molar-refractivity contribution in [3.05, 3.63) is 294 Å². The molecule has 302 valence electrons. The lowest BCUT2D eigenvalue weighted by Gasteiger charge is -2.34. The second-order valence-electron chi connectivity index (χ2n) is 17.3. The highest BCUT2D eigenvalue weighted by Gasteiger charge is 2.46. The van der Waals surface area contributed by atoms with E-state index in [0.717, 1.165) is 22.6 Å². The van der Waals surface area contributed by atoms with Gasteiger partial charge in [0.1, 0.15) is 0 Å². The lowest BCUT2D eigenvalue weighted by Crippen LogP contribution is -2.28. The summed E-state index contributed by atoms with van der Waals surface area (Å²) < 4.78 is 0. The molecule has 0 aliphatic heterocycles. The Morgan fingerprint density at radius 1 is 0.281 bits per heavy atom. The van der Waals surface area contributed by atoms with Gasteiger partial charge < -0.3 is 4.90 Å². The zero-order chi connectivity index (χ0) is 42.7. The van der Waals surface area contributed by atoms with Crippen LogP contribution in [0.5, 0.6) is 0 Å². The molecule has 0 amide bonds. The van der Waals surface area contributed by atoms with Gasteiger partial charge in [-0.2, -0.15) is 0 Å². The van der Waals surface area contributed by atoms with Gasteiger partial charge in [-0.25, -0.2) is 0 Å². The van der Waals surface area contributed by atoms with Gasteiger partial charge in [0.25, 0.3) is 0 Å². The van der Waals surface area contributed by atoms with Crippen LogP contribution in [0.3, 0.4) is 0 Å². The maximum atomic E-state index is 2.51. The molecular weight excluding hydrogens is 771 g/mol. The molecule has 1 atom stereocenters. The Hall–Kier alpha value is -8.00. The highest BCUT2D eigenvalue weighted by molar-refractivity contribution is 5.96. The molecule has 0 saturated heterocycles.